The fraction of sp³-hybridized carbons (Fsp3) is 0.455. The Kier molecular flexibility index (Phi) is 3.01. The number of pyridine rings is 1. The van der Waals surface area contributed by atoms with Crippen molar-refractivity contribution < 1.29 is 4.79 Å². The third-order valence-electron chi connectivity index (χ3n) is 2.82. The molecule has 1 aromatic heterocycles. The van der Waals surface area contributed by atoms with Gasteiger partial charge in [0.15, 0.2) is 0 Å². The standard InChI is InChI=1S/C11H15N2OP/c1-2-8-5-9-7-13(11(14)15)4-3-10(9)12-6-8/h5-6H,2-4,7,15H2,1H3. The van der Waals surface area contributed by atoms with E-state index >= 15 is 0 Å². The molecule has 0 fully saturated rings. The van der Waals surface area contributed by atoms with E-state index in [9.17, 15) is 4.79 Å². The molecule has 1 atom stereocenters. The lowest BCUT2D eigenvalue weighted by Gasteiger charge is -2.27. The Morgan fingerprint density at radius 1 is 1.67 bits per heavy atom. The summed E-state index contributed by atoms with van der Waals surface area (Å²) in [6, 6.07) is 2.17. The summed E-state index contributed by atoms with van der Waals surface area (Å²) < 4.78 is 0. The number of rotatable bonds is 1. The van der Waals surface area contributed by atoms with Crippen LogP contribution in [0, 0.1) is 0 Å². The van der Waals surface area contributed by atoms with Gasteiger partial charge in [-0.2, -0.15) is 0 Å². The highest BCUT2D eigenvalue weighted by Gasteiger charge is 2.18. The largest absolute Gasteiger partial charge is 0.335 e. The fourth-order valence-corrected chi connectivity index (χ4v) is 2.08. The third kappa shape index (κ3) is 2.18. The summed E-state index contributed by atoms with van der Waals surface area (Å²) in [5.74, 6) is 0. The second-order valence-corrected chi connectivity index (χ2v) is 4.31. The zero-order valence-electron chi connectivity index (χ0n) is 8.86. The Labute approximate surface area is 92.1 Å². The predicted molar refractivity (Wildman–Crippen MR) is 62.8 cm³/mol. The fourth-order valence-electron chi connectivity index (χ4n) is 1.86. The molecule has 4 heteroatoms. The number of nitrogens with zero attached hydrogens (tertiary/aromatic N) is 2. The highest BCUT2D eigenvalue weighted by molar-refractivity contribution is 7.39. The molecular weight excluding hydrogens is 207 g/mol. The minimum Gasteiger partial charge on any atom is -0.335 e. The normalized spacial score (nSPS) is 14.9. The molecule has 0 N–H and O–H groups in total. The van der Waals surface area contributed by atoms with Gasteiger partial charge in [-0.05, 0) is 26.8 Å². The number of aryl methyl sites for hydroxylation is 1. The van der Waals surface area contributed by atoms with Crippen molar-refractivity contribution in [3.05, 3.63) is 29.1 Å². The Morgan fingerprint density at radius 2 is 2.47 bits per heavy atom. The average Bonchev–Trinajstić information content (AvgIpc) is 2.27. The summed E-state index contributed by atoms with van der Waals surface area (Å²) >= 11 is 0. The maximum atomic E-state index is 11.2. The van der Waals surface area contributed by atoms with Gasteiger partial charge in [0, 0.05) is 31.4 Å². The van der Waals surface area contributed by atoms with E-state index in [1.807, 2.05) is 11.1 Å². The average molecular weight is 222 g/mol. The van der Waals surface area contributed by atoms with Gasteiger partial charge in [-0.3, -0.25) is 9.78 Å². The molecule has 0 spiro atoms. The summed E-state index contributed by atoms with van der Waals surface area (Å²) in [4.78, 5) is 17.5. The quantitative estimate of drug-likeness (QED) is 0.681. The topological polar surface area (TPSA) is 33.2 Å². The lowest BCUT2D eigenvalue weighted by molar-refractivity contribution is 0.217. The number of carbonyl (C=O) groups excluding carboxylic acids is 1. The van der Waals surface area contributed by atoms with Crippen LogP contribution < -0.4 is 0 Å². The van der Waals surface area contributed by atoms with Crippen LogP contribution in [0.2, 0.25) is 0 Å². The Hall–Kier alpha value is -0.950. The highest BCUT2D eigenvalue weighted by Crippen LogP contribution is 2.19. The van der Waals surface area contributed by atoms with E-state index in [0.717, 1.165) is 25.1 Å². The van der Waals surface area contributed by atoms with Crippen molar-refractivity contribution in [1.29, 1.82) is 0 Å². The van der Waals surface area contributed by atoms with Crippen LogP contribution in [0.5, 0.6) is 0 Å². The summed E-state index contributed by atoms with van der Waals surface area (Å²) in [6.07, 6.45) is 3.81. The number of hydrogen-bond donors (Lipinski definition) is 0. The van der Waals surface area contributed by atoms with Crippen molar-refractivity contribution in [2.75, 3.05) is 6.54 Å². The van der Waals surface area contributed by atoms with Gasteiger partial charge in [0.25, 0.3) is 0 Å². The molecule has 0 aliphatic carbocycles. The van der Waals surface area contributed by atoms with Gasteiger partial charge in [-0.25, -0.2) is 0 Å². The lowest BCUT2D eigenvalue weighted by atomic mass is 10.0. The Morgan fingerprint density at radius 3 is 3.13 bits per heavy atom. The molecule has 1 aromatic rings. The van der Waals surface area contributed by atoms with Crippen molar-refractivity contribution in [3.8, 4) is 0 Å². The first-order valence-electron chi connectivity index (χ1n) is 5.21. The molecule has 1 amide bonds. The summed E-state index contributed by atoms with van der Waals surface area (Å²) in [5.41, 5.74) is 3.67. The molecule has 15 heavy (non-hydrogen) atoms. The van der Waals surface area contributed by atoms with Gasteiger partial charge in [0.1, 0.15) is 0 Å². The van der Waals surface area contributed by atoms with Crippen LogP contribution in [-0.2, 0) is 19.4 Å². The minimum absolute atomic E-state index is 0.0718. The molecule has 2 rings (SSSR count). The van der Waals surface area contributed by atoms with Gasteiger partial charge in [0.2, 0.25) is 5.65 Å². The summed E-state index contributed by atoms with van der Waals surface area (Å²) in [5, 5.41) is 0. The van der Waals surface area contributed by atoms with Crippen molar-refractivity contribution >= 4 is 14.9 Å². The molecule has 3 nitrogen and oxygen atoms in total. The third-order valence-corrected chi connectivity index (χ3v) is 3.18. The van der Waals surface area contributed by atoms with E-state index in [4.69, 9.17) is 0 Å². The molecule has 1 aliphatic heterocycles. The second-order valence-electron chi connectivity index (χ2n) is 3.81. The predicted octanol–water partition coefficient (Wildman–Crippen LogP) is 2.00. The highest BCUT2D eigenvalue weighted by atomic mass is 31.0. The Balaban J connectivity index is 2.27. The first-order valence-corrected chi connectivity index (χ1v) is 5.79. The minimum atomic E-state index is 0.0718. The number of carbonyl (C=O) groups is 1. The van der Waals surface area contributed by atoms with Gasteiger partial charge in [-0.15, -0.1) is 0 Å². The molecule has 0 saturated carbocycles. The van der Waals surface area contributed by atoms with Crippen LogP contribution in [0.1, 0.15) is 23.7 Å². The van der Waals surface area contributed by atoms with Crippen molar-refractivity contribution in [3.63, 3.8) is 0 Å². The molecule has 0 radical (unpaired) electrons. The van der Waals surface area contributed by atoms with Crippen LogP contribution in [0.25, 0.3) is 0 Å². The number of amides is 1. The maximum absolute atomic E-state index is 11.2. The monoisotopic (exact) mass is 222 g/mol. The van der Waals surface area contributed by atoms with Crippen LogP contribution in [-0.4, -0.2) is 22.1 Å². The molecule has 2 heterocycles. The second kappa shape index (κ2) is 4.28. The van der Waals surface area contributed by atoms with Crippen LogP contribution in [0.15, 0.2) is 12.3 Å². The lowest BCUT2D eigenvalue weighted by Crippen LogP contribution is -2.32. The van der Waals surface area contributed by atoms with Gasteiger partial charge >= 0.3 is 0 Å². The molecular formula is C11H15N2OP. The molecule has 0 bridgehead atoms. The smallest absolute Gasteiger partial charge is 0.237 e. The van der Waals surface area contributed by atoms with E-state index in [2.05, 4.69) is 27.2 Å². The molecule has 0 saturated heterocycles. The number of aromatic nitrogens is 1. The van der Waals surface area contributed by atoms with Crippen LogP contribution in [0.3, 0.4) is 0 Å². The maximum Gasteiger partial charge on any atom is 0.237 e. The van der Waals surface area contributed by atoms with Gasteiger partial charge < -0.3 is 4.90 Å². The van der Waals surface area contributed by atoms with E-state index in [1.54, 1.807) is 0 Å². The van der Waals surface area contributed by atoms with Gasteiger partial charge in [-0.1, -0.05) is 13.0 Å². The van der Waals surface area contributed by atoms with Gasteiger partial charge in [0.05, 0.1) is 0 Å². The number of hydrogen-bond acceptors (Lipinski definition) is 2. The van der Waals surface area contributed by atoms with Crippen molar-refractivity contribution in [2.24, 2.45) is 0 Å². The first-order chi connectivity index (χ1) is 7.20. The van der Waals surface area contributed by atoms with E-state index in [-0.39, 0.29) is 5.65 Å². The van der Waals surface area contributed by atoms with Crippen LogP contribution in [0.4, 0.5) is 4.79 Å². The van der Waals surface area contributed by atoms with Crippen molar-refractivity contribution in [2.45, 2.75) is 26.3 Å². The molecule has 1 aliphatic rings. The first kappa shape index (κ1) is 10.6. The van der Waals surface area contributed by atoms with Crippen molar-refractivity contribution in [1.82, 2.24) is 9.88 Å². The summed E-state index contributed by atoms with van der Waals surface area (Å²) in [6.45, 7) is 3.61. The summed E-state index contributed by atoms with van der Waals surface area (Å²) in [7, 11) is 2.23. The van der Waals surface area contributed by atoms with E-state index < -0.39 is 0 Å². The van der Waals surface area contributed by atoms with Crippen LogP contribution >= 0.6 is 9.24 Å². The van der Waals surface area contributed by atoms with E-state index in [1.165, 1.54) is 11.1 Å². The molecule has 1 unspecified atom stereocenters. The Bertz CT molecular complexity index is 392. The zero-order valence-corrected chi connectivity index (χ0v) is 10.0. The number of fused-ring (bicyclic) bond motifs is 1. The molecule has 80 valence electrons. The van der Waals surface area contributed by atoms with E-state index in [0.29, 0.717) is 6.54 Å². The SMILES string of the molecule is CCc1cnc2c(c1)CN(C(=O)P)CC2. The molecule has 0 aromatic carbocycles. The zero-order chi connectivity index (χ0) is 10.8.